The van der Waals surface area contributed by atoms with Gasteiger partial charge in [-0.25, -0.2) is 4.79 Å². The van der Waals surface area contributed by atoms with Gasteiger partial charge in [0.1, 0.15) is 12.1 Å². The minimum absolute atomic E-state index is 0.159. The van der Waals surface area contributed by atoms with Crippen molar-refractivity contribution in [3.63, 3.8) is 0 Å². The molecule has 0 aromatic carbocycles. The molecule has 4 amide bonds. The Labute approximate surface area is 162 Å². The molecule has 152 valence electrons. The van der Waals surface area contributed by atoms with E-state index in [1.807, 2.05) is 0 Å². The minimum atomic E-state index is -0.803. The van der Waals surface area contributed by atoms with Crippen molar-refractivity contribution in [2.45, 2.75) is 64.8 Å². The molecule has 7 heteroatoms. The number of hydrogen-bond acceptors (Lipinski definition) is 4. The molecule has 3 fully saturated rings. The molecule has 1 atom stereocenters. The summed E-state index contributed by atoms with van der Waals surface area (Å²) in [6.45, 7) is 8.44. The second-order valence-electron chi connectivity index (χ2n) is 9.25. The summed E-state index contributed by atoms with van der Waals surface area (Å²) in [5.41, 5.74) is 5.13. The fraction of sp³-hybridized carbons (Fsp3) is 0.850. The van der Waals surface area contributed by atoms with Gasteiger partial charge in [0.2, 0.25) is 5.91 Å². The quantitative estimate of drug-likeness (QED) is 0.712. The van der Waals surface area contributed by atoms with Crippen molar-refractivity contribution >= 4 is 17.8 Å². The molecule has 1 unspecified atom stereocenters. The van der Waals surface area contributed by atoms with Crippen LogP contribution in [-0.4, -0.2) is 59.4 Å². The number of urea groups is 1. The lowest BCUT2D eigenvalue weighted by molar-refractivity contribution is -0.139. The maximum atomic E-state index is 13.0. The van der Waals surface area contributed by atoms with Crippen LogP contribution in [0.15, 0.2) is 0 Å². The molecule has 0 bridgehead atoms. The van der Waals surface area contributed by atoms with Gasteiger partial charge in [-0.15, -0.1) is 0 Å². The van der Waals surface area contributed by atoms with Gasteiger partial charge in [-0.1, -0.05) is 27.2 Å². The number of likely N-dealkylation sites (tertiary alicyclic amines) is 1. The third-order valence-electron chi connectivity index (χ3n) is 7.37. The van der Waals surface area contributed by atoms with Gasteiger partial charge in [0.25, 0.3) is 5.91 Å². The van der Waals surface area contributed by atoms with E-state index in [1.165, 1.54) is 0 Å². The maximum Gasteiger partial charge on any atom is 0.325 e. The molecule has 2 heterocycles. The first-order valence-electron chi connectivity index (χ1n) is 10.3. The molecule has 0 radical (unpaired) electrons. The van der Waals surface area contributed by atoms with Crippen LogP contribution in [0, 0.1) is 17.3 Å². The van der Waals surface area contributed by atoms with E-state index in [2.05, 4.69) is 26.1 Å². The summed E-state index contributed by atoms with van der Waals surface area (Å²) in [7, 11) is 0. The Morgan fingerprint density at radius 2 is 1.93 bits per heavy atom. The zero-order chi connectivity index (χ0) is 19.8. The Bertz CT molecular complexity index is 610. The normalized spacial score (nSPS) is 31.7. The van der Waals surface area contributed by atoms with Crippen LogP contribution < -0.4 is 11.1 Å². The van der Waals surface area contributed by atoms with E-state index in [9.17, 15) is 14.4 Å². The highest BCUT2D eigenvalue weighted by atomic mass is 16.2. The highest BCUT2D eigenvalue weighted by Crippen LogP contribution is 2.45. The van der Waals surface area contributed by atoms with Gasteiger partial charge in [-0.3, -0.25) is 14.5 Å². The van der Waals surface area contributed by atoms with Gasteiger partial charge in [0.15, 0.2) is 0 Å². The molecule has 1 aliphatic carbocycles. The molecule has 3 aliphatic rings. The zero-order valence-corrected chi connectivity index (χ0v) is 16.9. The van der Waals surface area contributed by atoms with Crippen molar-refractivity contribution in [3.05, 3.63) is 0 Å². The molecular weight excluding hydrogens is 344 g/mol. The number of carbonyl (C=O) groups is 3. The van der Waals surface area contributed by atoms with Crippen molar-refractivity contribution in [3.8, 4) is 0 Å². The Kier molecular flexibility index (Phi) is 5.52. The number of nitrogens with zero attached hydrogens (tertiary/aromatic N) is 2. The van der Waals surface area contributed by atoms with Gasteiger partial charge in [0, 0.05) is 13.1 Å². The maximum absolute atomic E-state index is 13.0. The molecule has 3 N–H and O–H groups in total. The van der Waals surface area contributed by atoms with Gasteiger partial charge < -0.3 is 16.0 Å². The van der Waals surface area contributed by atoms with Crippen molar-refractivity contribution in [1.29, 1.82) is 0 Å². The van der Waals surface area contributed by atoms with Crippen LogP contribution >= 0.6 is 0 Å². The predicted octanol–water partition coefficient (Wildman–Crippen LogP) is 1.71. The summed E-state index contributed by atoms with van der Waals surface area (Å²) >= 11 is 0. The van der Waals surface area contributed by atoms with E-state index in [1.54, 1.807) is 4.90 Å². The molecule has 3 rings (SSSR count). The fourth-order valence-corrected chi connectivity index (χ4v) is 4.83. The summed E-state index contributed by atoms with van der Waals surface area (Å²) in [6.07, 6.45) is 5.18. The van der Waals surface area contributed by atoms with Crippen molar-refractivity contribution in [1.82, 2.24) is 15.1 Å². The smallest absolute Gasteiger partial charge is 0.325 e. The number of rotatable bonds is 5. The lowest BCUT2D eigenvalue weighted by atomic mass is 9.65. The van der Waals surface area contributed by atoms with Crippen LogP contribution in [-0.2, 0) is 9.59 Å². The van der Waals surface area contributed by atoms with E-state index in [4.69, 9.17) is 5.73 Å². The number of nitrogens with two attached hydrogens (primary N) is 1. The van der Waals surface area contributed by atoms with Crippen LogP contribution in [0.4, 0.5) is 4.79 Å². The lowest BCUT2D eigenvalue weighted by Gasteiger charge is -2.42. The second-order valence-corrected chi connectivity index (χ2v) is 9.25. The first-order chi connectivity index (χ1) is 12.7. The van der Waals surface area contributed by atoms with Crippen molar-refractivity contribution < 1.29 is 14.4 Å². The number of imide groups is 1. The average Bonchev–Trinajstić information content (AvgIpc) is 3.22. The van der Waals surface area contributed by atoms with Crippen LogP contribution in [0.5, 0.6) is 0 Å². The molecule has 1 spiro atoms. The zero-order valence-electron chi connectivity index (χ0n) is 16.9. The number of nitrogens with one attached hydrogen (secondary N) is 1. The molecule has 2 aliphatic heterocycles. The molecular formula is C20H34N4O3. The fourth-order valence-electron chi connectivity index (χ4n) is 4.83. The molecule has 1 saturated carbocycles. The van der Waals surface area contributed by atoms with E-state index in [-0.39, 0.29) is 23.8 Å². The Morgan fingerprint density at radius 1 is 1.26 bits per heavy atom. The lowest BCUT2D eigenvalue weighted by Crippen LogP contribution is -2.51. The summed E-state index contributed by atoms with van der Waals surface area (Å²) in [6, 6.07) is -0.420. The van der Waals surface area contributed by atoms with Crippen LogP contribution in [0.3, 0.4) is 0 Å². The van der Waals surface area contributed by atoms with E-state index in [0.717, 1.165) is 30.6 Å². The van der Waals surface area contributed by atoms with Crippen molar-refractivity contribution in [2.75, 3.05) is 26.2 Å². The number of amides is 4. The Morgan fingerprint density at radius 3 is 2.48 bits per heavy atom. The van der Waals surface area contributed by atoms with Gasteiger partial charge in [-0.2, -0.15) is 0 Å². The van der Waals surface area contributed by atoms with E-state index < -0.39 is 11.6 Å². The van der Waals surface area contributed by atoms with Crippen LogP contribution in [0.2, 0.25) is 0 Å². The van der Waals surface area contributed by atoms with Crippen LogP contribution in [0.1, 0.15) is 59.3 Å². The first-order valence-corrected chi connectivity index (χ1v) is 10.3. The largest absolute Gasteiger partial charge is 0.341 e. The highest BCUT2D eigenvalue weighted by molar-refractivity contribution is 6.09. The first kappa shape index (κ1) is 20.1. The van der Waals surface area contributed by atoms with Gasteiger partial charge in [-0.05, 0) is 55.9 Å². The summed E-state index contributed by atoms with van der Waals surface area (Å²) < 4.78 is 0. The topological polar surface area (TPSA) is 95.7 Å². The van der Waals surface area contributed by atoms with E-state index in [0.29, 0.717) is 44.3 Å². The van der Waals surface area contributed by atoms with Gasteiger partial charge >= 0.3 is 6.03 Å². The van der Waals surface area contributed by atoms with Gasteiger partial charge in [0.05, 0.1) is 0 Å². The molecule has 0 aromatic heterocycles. The van der Waals surface area contributed by atoms with E-state index >= 15 is 0 Å². The molecule has 7 nitrogen and oxygen atoms in total. The Balaban J connectivity index is 1.61. The third-order valence-corrected chi connectivity index (χ3v) is 7.37. The summed E-state index contributed by atoms with van der Waals surface area (Å²) in [4.78, 5) is 40.9. The SMILES string of the molecule is CCC(C)(C)C1CCC2(CC1)NC(=O)N(CC(=O)N1CCC(CN)C1)C2=O. The molecule has 2 saturated heterocycles. The molecule has 0 aromatic rings. The third kappa shape index (κ3) is 3.71. The highest BCUT2D eigenvalue weighted by Gasteiger charge is 2.54. The number of hydrogen-bond donors (Lipinski definition) is 2. The van der Waals surface area contributed by atoms with Crippen molar-refractivity contribution in [2.24, 2.45) is 23.0 Å². The molecule has 27 heavy (non-hydrogen) atoms. The average molecular weight is 379 g/mol. The summed E-state index contributed by atoms with van der Waals surface area (Å²) in [5, 5.41) is 2.92. The standard InChI is InChI=1S/C20H34N4O3/c1-4-19(2,3)15-5-8-20(9-6-15)17(26)24(18(27)22-20)13-16(25)23-10-7-14(11-21)12-23/h14-15H,4-13,21H2,1-3H3,(H,22,27). The second kappa shape index (κ2) is 7.41. The monoisotopic (exact) mass is 378 g/mol. The number of carbonyl (C=O) groups excluding carboxylic acids is 3. The van der Waals surface area contributed by atoms with Crippen LogP contribution in [0.25, 0.3) is 0 Å². The summed E-state index contributed by atoms with van der Waals surface area (Å²) in [5.74, 6) is 0.502. The minimum Gasteiger partial charge on any atom is -0.341 e. The predicted molar refractivity (Wildman–Crippen MR) is 103 cm³/mol. The Hall–Kier alpha value is -1.63.